The summed E-state index contributed by atoms with van der Waals surface area (Å²) in [7, 11) is 1.51. The molecule has 0 fully saturated rings. The van der Waals surface area contributed by atoms with Gasteiger partial charge in [0.1, 0.15) is 0 Å². The summed E-state index contributed by atoms with van der Waals surface area (Å²) < 4.78 is 17.7. The summed E-state index contributed by atoms with van der Waals surface area (Å²) in [5.41, 5.74) is -1.19. The SMILES string of the molecule is BC(C)(F)COC(C)C. The van der Waals surface area contributed by atoms with Crippen molar-refractivity contribution in [2.45, 2.75) is 32.4 Å². The van der Waals surface area contributed by atoms with E-state index in [4.69, 9.17) is 4.74 Å². The summed E-state index contributed by atoms with van der Waals surface area (Å²) in [6, 6.07) is 0. The molecule has 54 valence electrons. The summed E-state index contributed by atoms with van der Waals surface area (Å²) >= 11 is 0. The van der Waals surface area contributed by atoms with Gasteiger partial charge in [-0.05, 0) is 20.8 Å². The Morgan fingerprint density at radius 2 is 2.11 bits per heavy atom. The topological polar surface area (TPSA) is 9.23 Å². The number of alkyl halides is 1. The monoisotopic (exact) mass is 132 g/mol. The first-order chi connectivity index (χ1) is 3.92. The van der Waals surface area contributed by atoms with Gasteiger partial charge < -0.3 is 4.74 Å². The van der Waals surface area contributed by atoms with Crippen LogP contribution in [-0.2, 0) is 4.74 Å². The Balaban J connectivity index is 3.28. The molecule has 0 amide bonds. The Bertz CT molecular complexity index is 77.6. The maximum absolute atomic E-state index is 12.6. The standard InChI is InChI=1S/C6H14BFO/c1-5(2)9-4-6(3,7)8/h5H,4,7H2,1-3H3. The molecule has 0 aliphatic heterocycles. The molecule has 0 N–H and O–H groups in total. The van der Waals surface area contributed by atoms with Crippen molar-refractivity contribution in [3.05, 3.63) is 0 Å². The molecular weight excluding hydrogens is 118 g/mol. The molecule has 0 saturated carbocycles. The minimum Gasteiger partial charge on any atom is -0.376 e. The molecule has 0 radical (unpaired) electrons. The van der Waals surface area contributed by atoms with E-state index in [1.165, 1.54) is 14.8 Å². The number of ether oxygens (including phenoxy) is 1. The lowest BCUT2D eigenvalue weighted by atomic mass is 9.87. The van der Waals surface area contributed by atoms with Crippen molar-refractivity contribution < 1.29 is 9.13 Å². The van der Waals surface area contributed by atoms with Gasteiger partial charge in [-0.25, -0.2) is 0 Å². The highest BCUT2D eigenvalue weighted by Gasteiger charge is 2.15. The first kappa shape index (κ1) is 8.95. The summed E-state index contributed by atoms with van der Waals surface area (Å²) in [5.74, 6) is 0. The molecule has 0 spiro atoms. The van der Waals surface area contributed by atoms with Crippen LogP contribution in [0.15, 0.2) is 0 Å². The Morgan fingerprint density at radius 3 is 2.22 bits per heavy atom. The highest BCUT2D eigenvalue weighted by atomic mass is 19.1. The van der Waals surface area contributed by atoms with E-state index in [2.05, 4.69) is 0 Å². The van der Waals surface area contributed by atoms with Gasteiger partial charge in [0, 0.05) is 0 Å². The molecule has 0 aromatic rings. The van der Waals surface area contributed by atoms with Crippen LogP contribution in [0, 0.1) is 0 Å². The molecule has 0 rings (SSSR count). The van der Waals surface area contributed by atoms with Gasteiger partial charge in [-0.2, -0.15) is 0 Å². The summed E-state index contributed by atoms with van der Waals surface area (Å²) in [5, 5.41) is 0. The van der Waals surface area contributed by atoms with Crippen molar-refractivity contribution in [3.63, 3.8) is 0 Å². The highest BCUT2D eigenvalue weighted by molar-refractivity contribution is 6.14. The van der Waals surface area contributed by atoms with Gasteiger partial charge >= 0.3 is 0 Å². The first-order valence-corrected chi connectivity index (χ1v) is 3.22. The van der Waals surface area contributed by atoms with Crippen molar-refractivity contribution in [2.24, 2.45) is 0 Å². The zero-order valence-corrected chi connectivity index (χ0v) is 6.57. The van der Waals surface area contributed by atoms with Crippen LogP contribution in [0.2, 0.25) is 0 Å². The van der Waals surface area contributed by atoms with Gasteiger partial charge in [-0.15, -0.1) is 0 Å². The minimum absolute atomic E-state index is 0.125. The third kappa shape index (κ3) is 7.95. The van der Waals surface area contributed by atoms with Crippen LogP contribution < -0.4 is 0 Å². The minimum atomic E-state index is -1.19. The zero-order chi connectivity index (χ0) is 7.49. The Morgan fingerprint density at radius 1 is 1.67 bits per heavy atom. The molecule has 1 nitrogen and oxygen atoms in total. The average Bonchev–Trinajstić information content (AvgIpc) is 1.59. The predicted molar refractivity (Wildman–Crippen MR) is 39.1 cm³/mol. The lowest BCUT2D eigenvalue weighted by Gasteiger charge is -2.15. The molecule has 0 aliphatic carbocycles. The number of halogens is 1. The second-order valence-corrected chi connectivity index (χ2v) is 3.08. The normalized spacial score (nSPS) is 17.9. The molecule has 0 aliphatic rings. The van der Waals surface area contributed by atoms with E-state index < -0.39 is 5.57 Å². The van der Waals surface area contributed by atoms with Crippen LogP contribution in [-0.4, -0.2) is 26.1 Å². The Kier molecular flexibility index (Phi) is 3.19. The maximum atomic E-state index is 12.6. The Labute approximate surface area is 57.0 Å². The first-order valence-electron chi connectivity index (χ1n) is 3.22. The Hall–Kier alpha value is -0.0451. The fourth-order valence-corrected chi connectivity index (χ4v) is 0.365. The highest BCUT2D eigenvalue weighted by Crippen LogP contribution is 2.04. The van der Waals surface area contributed by atoms with Gasteiger partial charge in [0.05, 0.1) is 18.3 Å². The maximum Gasteiger partial charge on any atom is 0.152 e. The van der Waals surface area contributed by atoms with E-state index in [0.717, 1.165) is 0 Å². The van der Waals surface area contributed by atoms with Crippen molar-refractivity contribution in [2.75, 3.05) is 6.61 Å². The second kappa shape index (κ2) is 3.21. The van der Waals surface area contributed by atoms with Crippen LogP contribution in [0.1, 0.15) is 20.8 Å². The van der Waals surface area contributed by atoms with E-state index in [1.54, 1.807) is 0 Å². The molecular formula is C6H14BFO. The van der Waals surface area contributed by atoms with E-state index in [1.807, 2.05) is 13.8 Å². The summed E-state index contributed by atoms with van der Waals surface area (Å²) in [6.45, 7) is 5.48. The van der Waals surface area contributed by atoms with Crippen molar-refractivity contribution >= 4 is 7.85 Å². The molecule has 9 heavy (non-hydrogen) atoms. The smallest absolute Gasteiger partial charge is 0.152 e. The summed E-state index contributed by atoms with van der Waals surface area (Å²) in [4.78, 5) is 0. The van der Waals surface area contributed by atoms with Crippen LogP contribution in [0.25, 0.3) is 0 Å². The molecule has 0 heterocycles. The molecule has 1 unspecified atom stereocenters. The van der Waals surface area contributed by atoms with E-state index >= 15 is 0 Å². The average molecular weight is 132 g/mol. The molecule has 0 bridgehead atoms. The zero-order valence-electron chi connectivity index (χ0n) is 6.57. The molecule has 0 saturated heterocycles. The van der Waals surface area contributed by atoms with Gasteiger partial charge in [0.15, 0.2) is 7.85 Å². The van der Waals surface area contributed by atoms with Crippen LogP contribution in [0.3, 0.4) is 0 Å². The van der Waals surface area contributed by atoms with Crippen molar-refractivity contribution in [1.82, 2.24) is 0 Å². The molecule has 0 aromatic carbocycles. The molecule has 0 aromatic heterocycles. The fraction of sp³-hybridized carbons (Fsp3) is 1.00. The van der Waals surface area contributed by atoms with Gasteiger partial charge in [0.2, 0.25) is 0 Å². The van der Waals surface area contributed by atoms with E-state index in [-0.39, 0.29) is 12.7 Å². The molecule has 3 heteroatoms. The lowest BCUT2D eigenvalue weighted by molar-refractivity contribution is 0.0289. The molecule has 1 atom stereocenters. The van der Waals surface area contributed by atoms with Gasteiger partial charge in [-0.1, -0.05) is 0 Å². The van der Waals surface area contributed by atoms with Gasteiger partial charge in [-0.3, -0.25) is 4.39 Å². The third-order valence-corrected chi connectivity index (χ3v) is 0.760. The number of hydrogen-bond acceptors (Lipinski definition) is 1. The van der Waals surface area contributed by atoms with Crippen molar-refractivity contribution in [1.29, 1.82) is 0 Å². The third-order valence-electron chi connectivity index (χ3n) is 0.760. The predicted octanol–water partition coefficient (Wildman–Crippen LogP) is 0.730. The number of hydrogen-bond donors (Lipinski definition) is 0. The largest absolute Gasteiger partial charge is 0.376 e. The lowest BCUT2D eigenvalue weighted by Crippen LogP contribution is -2.27. The summed E-state index contributed by atoms with van der Waals surface area (Å²) in [6.07, 6.45) is 0.125. The van der Waals surface area contributed by atoms with Crippen molar-refractivity contribution in [3.8, 4) is 0 Å². The fourth-order valence-electron chi connectivity index (χ4n) is 0.365. The van der Waals surface area contributed by atoms with Crippen LogP contribution in [0.4, 0.5) is 4.39 Å². The van der Waals surface area contributed by atoms with Crippen LogP contribution in [0.5, 0.6) is 0 Å². The van der Waals surface area contributed by atoms with E-state index in [9.17, 15) is 4.39 Å². The second-order valence-electron chi connectivity index (χ2n) is 3.08. The van der Waals surface area contributed by atoms with Crippen LogP contribution >= 0.6 is 0 Å². The number of rotatable bonds is 3. The van der Waals surface area contributed by atoms with E-state index in [0.29, 0.717) is 0 Å². The quantitative estimate of drug-likeness (QED) is 0.514. The van der Waals surface area contributed by atoms with Gasteiger partial charge in [0.25, 0.3) is 0 Å².